The van der Waals surface area contributed by atoms with Gasteiger partial charge in [-0.2, -0.15) is 0 Å². The molecule has 1 aromatic carbocycles. The molecule has 2 aromatic rings. The van der Waals surface area contributed by atoms with Gasteiger partial charge in [-0.15, -0.1) is 11.3 Å². The Labute approximate surface area is 92.5 Å². The largest absolute Gasteiger partial charge is 0.322 e. The van der Waals surface area contributed by atoms with Crippen LogP contribution in [0, 0.1) is 0 Å². The molecule has 0 saturated heterocycles. The van der Waals surface area contributed by atoms with Gasteiger partial charge >= 0.3 is 0 Å². The zero-order valence-corrected chi connectivity index (χ0v) is 9.75. The molecule has 0 fully saturated rings. The van der Waals surface area contributed by atoms with Gasteiger partial charge in [0.05, 0.1) is 0 Å². The molecular formula is C11H12ClNS. The summed E-state index contributed by atoms with van der Waals surface area (Å²) in [5.74, 6) is 0. The third-order valence-corrected chi connectivity index (χ3v) is 3.41. The third-order valence-electron chi connectivity index (χ3n) is 2.23. The normalized spacial score (nSPS) is 12.3. The van der Waals surface area contributed by atoms with E-state index in [9.17, 15) is 0 Å². The van der Waals surface area contributed by atoms with E-state index in [4.69, 9.17) is 17.3 Å². The van der Waals surface area contributed by atoms with Crippen LogP contribution in [0.5, 0.6) is 0 Å². The summed E-state index contributed by atoms with van der Waals surface area (Å²) >= 11 is 7.61. The van der Waals surface area contributed by atoms with Gasteiger partial charge < -0.3 is 5.73 Å². The van der Waals surface area contributed by atoms with Crippen molar-refractivity contribution in [1.82, 2.24) is 0 Å². The van der Waals surface area contributed by atoms with E-state index in [2.05, 4.69) is 5.38 Å². The van der Waals surface area contributed by atoms with E-state index >= 15 is 0 Å². The SMILES string of the molecule is CC(C)(N)c1csc2cc(Cl)ccc12. The summed E-state index contributed by atoms with van der Waals surface area (Å²) in [6.45, 7) is 4.03. The Morgan fingerprint density at radius 2 is 2.07 bits per heavy atom. The van der Waals surface area contributed by atoms with E-state index < -0.39 is 0 Å². The standard InChI is InChI=1S/C11H12ClNS/c1-11(2,13)9-6-14-10-5-7(12)3-4-8(9)10/h3-6H,13H2,1-2H3. The Morgan fingerprint density at radius 3 is 2.71 bits per heavy atom. The number of hydrogen-bond acceptors (Lipinski definition) is 2. The van der Waals surface area contributed by atoms with Crippen molar-refractivity contribution in [2.75, 3.05) is 0 Å². The highest BCUT2D eigenvalue weighted by molar-refractivity contribution is 7.17. The highest BCUT2D eigenvalue weighted by Gasteiger charge is 2.18. The second-order valence-electron chi connectivity index (χ2n) is 4.01. The van der Waals surface area contributed by atoms with E-state index in [0.29, 0.717) is 0 Å². The van der Waals surface area contributed by atoms with Gasteiger partial charge in [-0.25, -0.2) is 0 Å². The number of hydrogen-bond donors (Lipinski definition) is 1. The fourth-order valence-electron chi connectivity index (χ4n) is 1.50. The molecule has 2 rings (SSSR count). The summed E-state index contributed by atoms with van der Waals surface area (Å²) < 4.78 is 1.20. The maximum Gasteiger partial charge on any atom is 0.0420 e. The maximum atomic E-state index is 6.08. The summed E-state index contributed by atoms with van der Waals surface area (Å²) in [5.41, 5.74) is 6.98. The minimum Gasteiger partial charge on any atom is -0.322 e. The first-order valence-electron chi connectivity index (χ1n) is 4.44. The predicted molar refractivity (Wildman–Crippen MR) is 64.0 cm³/mol. The first kappa shape index (κ1) is 9.97. The van der Waals surface area contributed by atoms with Gasteiger partial charge in [0.25, 0.3) is 0 Å². The number of benzene rings is 1. The molecule has 0 aliphatic heterocycles. The van der Waals surface area contributed by atoms with Crippen LogP contribution in [0.15, 0.2) is 23.6 Å². The first-order valence-corrected chi connectivity index (χ1v) is 5.70. The average Bonchev–Trinajstić information content (AvgIpc) is 2.45. The number of fused-ring (bicyclic) bond motifs is 1. The molecular weight excluding hydrogens is 214 g/mol. The minimum absolute atomic E-state index is 0.286. The zero-order chi connectivity index (χ0) is 10.3. The minimum atomic E-state index is -0.286. The third kappa shape index (κ3) is 1.65. The molecule has 0 atom stereocenters. The van der Waals surface area contributed by atoms with Crippen molar-refractivity contribution in [2.24, 2.45) is 5.73 Å². The summed E-state index contributed by atoms with van der Waals surface area (Å²) in [7, 11) is 0. The lowest BCUT2D eigenvalue weighted by Gasteiger charge is -2.17. The molecule has 1 heterocycles. The van der Waals surface area contributed by atoms with Crippen molar-refractivity contribution in [3.63, 3.8) is 0 Å². The molecule has 2 N–H and O–H groups in total. The zero-order valence-electron chi connectivity index (χ0n) is 8.17. The molecule has 0 unspecified atom stereocenters. The topological polar surface area (TPSA) is 26.0 Å². The Morgan fingerprint density at radius 1 is 1.36 bits per heavy atom. The second kappa shape index (κ2) is 3.23. The van der Waals surface area contributed by atoms with Gasteiger partial charge in [0.2, 0.25) is 0 Å². The Balaban J connectivity index is 2.70. The average molecular weight is 226 g/mol. The quantitative estimate of drug-likeness (QED) is 0.786. The van der Waals surface area contributed by atoms with E-state index in [1.54, 1.807) is 11.3 Å². The molecule has 3 heteroatoms. The van der Waals surface area contributed by atoms with Gasteiger partial charge in [-0.3, -0.25) is 0 Å². The second-order valence-corrected chi connectivity index (χ2v) is 5.36. The van der Waals surface area contributed by atoms with Crippen molar-refractivity contribution in [2.45, 2.75) is 19.4 Å². The fourth-order valence-corrected chi connectivity index (χ4v) is 2.91. The Bertz CT molecular complexity index is 468. The van der Waals surface area contributed by atoms with E-state index in [0.717, 1.165) is 5.02 Å². The van der Waals surface area contributed by atoms with Crippen molar-refractivity contribution in [1.29, 1.82) is 0 Å². The molecule has 0 saturated carbocycles. The molecule has 1 nitrogen and oxygen atoms in total. The summed E-state index contributed by atoms with van der Waals surface area (Å²) in [4.78, 5) is 0. The van der Waals surface area contributed by atoms with E-state index in [1.165, 1.54) is 15.6 Å². The molecule has 14 heavy (non-hydrogen) atoms. The lowest BCUT2D eigenvalue weighted by molar-refractivity contribution is 0.561. The molecule has 0 aliphatic carbocycles. The number of thiophene rings is 1. The lowest BCUT2D eigenvalue weighted by Crippen LogP contribution is -2.28. The summed E-state index contributed by atoms with van der Waals surface area (Å²) in [6.07, 6.45) is 0. The van der Waals surface area contributed by atoms with Crippen LogP contribution < -0.4 is 5.73 Å². The molecule has 0 aliphatic rings. The number of nitrogens with two attached hydrogens (primary N) is 1. The van der Waals surface area contributed by atoms with E-state index in [1.807, 2.05) is 32.0 Å². The van der Waals surface area contributed by atoms with Crippen LogP contribution in [0.2, 0.25) is 5.02 Å². The van der Waals surface area contributed by atoms with Crippen molar-refractivity contribution >= 4 is 33.0 Å². The summed E-state index contributed by atoms with van der Waals surface area (Å²) in [6, 6.07) is 5.93. The van der Waals surface area contributed by atoms with Crippen molar-refractivity contribution in [3.05, 3.63) is 34.2 Å². The fraction of sp³-hybridized carbons (Fsp3) is 0.273. The summed E-state index contributed by atoms with van der Waals surface area (Å²) in [5, 5.41) is 4.11. The monoisotopic (exact) mass is 225 g/mol. The molecule has 0 radical (unpaired) electrons. The molecule has 74 valence electrons. The first-order chi connectivity index (χ1) is 6.48. The van der Waals surface area contributed by atoms with Crippen LogP contribution in [0.4, 0.5) is 0 Å². The van der Waals surface area contributed by atoms with Crippen molar-refractivity contribution < 1.29 is 0 Å². The Hall–Kier alpha value is -0.570. The van der Waals surface area contributed by atoms with Crippen LogP contribution in [-0.2, 0) is 5.54 Å². The highest BCUT2D eigenvalue weighted by Crippen LogP contribution is 2.33. The van der Waals surface area contributed by atoms with Crippen LogP contribution in [-0.4, -0.2) is 0 Å². The van der Waals surface area contributed by atoms with Gasteiger partial charge in [0, 0.05) is 15.3 Å². The Kier molecular flexibility index (Phi) is 2.30. The smallest absolute Gasteiger partial charge is 0.0420 e. The van der Waals surface area contributed by atoms with E-state index in [-0.39, 0.29) is 5.54 Å². The number of halogens is 1. The lowest BCUT2D eigenvalue weighted by atomic mass is 9.95. The van der Waals surface area contributed by atoms with Gasteiger partial charge in [-0.1, -0.05) is 17.7 Å². The van der Waals surface area contributed by atoms with Crippen LogP contribution in [0.1, 0.15) is 19.4 Å². The number of rotatable bonds is 1. The molecule has 1 aromatic heterocycles. The van der Waals surface area contributed by atoms with Crippen LogP contribution in [0.3, 0.4) is 0 Å². The predicted octanol–water partition coefficient (Wildman–Crippen LogP) is 3.75. The molecule has 0 spiro atoms. The molecule has 0 amide bonds. The van der Waals surface area contributed by atoms with Crippen LogP contribution >= 0.6 is 22.9 Å². The van der Waals surface area contributed by atoms with Gasteiger partial charge in [0.1, 0.15) is 0 Å². The van der Waals surface area contributed by atoms with Gasteiger partial charge in [0.15, 0.2) is 0 Å². The molecule has 0 bridgehead atoms. The maximum absolute atomic E-state index is 6.08. The highest BCUT2D eigenvalue weighted by atomic mass is 35.5. The van der Waals surface area contributed by atoms with Crippen LogP contribution in [0.25, 0.3) is 10.1 Å². The van der Waals surface area contributed by atoms with Crippen molar-refractivity contribution in [3.8, 4) is 0 Å². The van der Waals surface area contributed by atoms with Gasteiger partial charge in [-0.05, 0) is 42.3 Å².